The summed E-state index contributed by atoms with van der Waals surface area (Å²) in [5.74, 6) is -0.802. The summed E-state index contributed by atoms with van der Waals surface area (Å²) in [6, 6.07) is 3.40. The lowest BCUT2D eigenvalue weighted by molar-refractivity contribution is -0.123. The van der Waals surface area contributed by atoms with Crippen molar-refractivity contribution in [2.24, 2.45) is 11.7 Å². The molecule has 1 fully saturated rings. The quantitative estimate of drug-likeness (QED) is 0.916. The molecule has 0 saturated carbocycles. The number of carbonyl (C=O) groups excluding carboxylic acids is 1. The molecule has 2 atom stereocenters. The van der Waals surface area contributed by atoms with Gasteiger partial charge in [-0.05, 0) is 38.3 Å². The van der Waals surface area contributed by atoms with Crippen LogP contribution in [0.5, 0.6) is 0 Å². The van der Waals surface area contributed by atoms with Gasteiger partial charge in [-0.15, -0.1) is 11.3 Å². The summed E-state index contributed by atoms with van der Waals surface area (Å²) in [5.41, 5.74) is 5.32. The zero-order valence-electron chi connectivity index (χ0n) is 11.7. The van der Waals surface area contributed by atoms with Crippen LogP contribution >= 0.6 is 11.3 Å². The van der Waals surface area contributed by atoms with Crippen molar-refractivity contribution < 1.29 is 13.2 Å². The van der Waals surface area contributed by atoms with E-state index in [2.05, 4.69) is 0 Å². The first-order valence-corrected chi connectivity index (χ1v) is 9.01. The third kappa shape index (κ3) is 2.89. The molecular formula is C13H20N2O3S2. The minimum Gasteiger partial charge on any atom is -0.369 e. The van der Waals surface area contributed by atoms with Crippen molar-refractivity contribution in [1.29, 1.82) is 0 Å². The number of sulfonamides is 1. The molecule has 0 spiro atoms. The molecule has 2 heterocycles. The van der Waals surface area contributed by atoms with Gasteiger partial charge in [0.1, 0.15) is 4.21 Å². The number of primary amides is 1. The molecule has 0 radical (unpaired) electrons. The van der Waals surface area contributed by atoms with Crippen molar-refractivity contribution in [3.8, 4) is 0 Å². The number of rotatable bonds is 4. The Morgan fingerprint density at radius 2 is 2.15 bits per heavy atom. The van der Waals surface area contributed by atoms with Crippen LogP contribution < -0.4 is 5.73 Å². The summed E-state index contributed by atoms with van der Waals surface area (Å²) >= 11 is 1.30. The largest absolute Gasteiger partial charge is 0.369 e. The zero-order valence-corrected chi connectivity index (χ0v) is 13.3. The lowest BCUT2D eigenvalue weighted by Crippen LogP contribution is -2.48. The molecule has 1 aromatic rings. The van der Waals surface area contributed by atoms with Gasteiger partial charge in [-0.1, -0.05) is 6.92 Å². The number of amides is 1. The molecule has 2 N–H and O–H groups in total. The minimum absolute atomic E-state index is 0.0947. The molecule has 1 aliphatic heterocycles. The highest BCUT2D eigenvalue weighted by Crippen LogP contribution is 2.31. The highest BCUT2D eigenvalue weighted by molar-refractivity contribution is 7.91. The van der Waals surface area contributed by atoms with E-state index in [9.17, 15) is 13.2 Å². The second-order valence-electron chi connectivity index (χ2n) is 5.17. The van der Waals surface area contributed by atoms with Crippen LogP contribution in [0, 0.1) is 5.92 Å². The van der Waals surface area contributed by atoms with E-state index in [1.807, 2.05) is 19.9 Å². The monoisotopic (exact) mass is 316 g/mol. The Morgan fingerprint density at radius 1 is 1.45 bits per heavy atom. The standard InChI is InChI=1S/C13H20N2O3S2/c1-3-11-6-7-12(19-11)20(17,18)15-8-10(13(14)16)5-4-9(15)2/h6-7,9-10H,3-5,8H2,1-2H3,(H2,14,16)/t9-,10-/m1/s1. The predicted octanol–water partition coefficient (Wildman–Crippen LogP) is 1.58. The van der Waals surface area contributed by atoms with E-state index in [1.54, 1.807) is 6.07 Å². The van der Waals surface area contributed by atoms with Crippen LogP contribution in [0.1, 0.15) is 31.6 Å². The van der Waals surface area contributed by atoms with E-state index in [0.717, 1.165) is 11.3 Å². The van der Waals surface area contributed by atoms with Gasteiger partial charge in [0.15, 0.2) is 0 Å². The molecule has 20 heavy (non-hydrogen) atoms. The first-order chi connectivity index (χ1) is 9.36. The summed E-state index contributed by atoms with van der Waals surface area (Å²) in [7, 11) is -3.52. The van der Waals surface area contributed by atoms with Crippen LogP contribution in [0.25, 0.3) is 0 Å². The van der Waals surface area contributed by atoms with Crippen molar-refractivity contribution in [2.75, 3.05) is 6.54 Å². The van der Waals surface area contributed by atoms with E-state index in [0.29, 0.717) is 17.1 Å². The van der Waals surface area contributed by atoms with E-state index in [1.165, 1.54) is 15.6 Å². The van der Waals surface area contributed by atoms with Crippen LogP contribution in [0.15, 0.2) is 16.3 Å². The highest BCUT2D eigenvalue weighted by Gasteiger charge is 2.37. The topological polar surface area (TPSA) is 80.5 Å². The fourth-order valence-corrected chi connectivity index (χ4v) is 5.58. The molecule has 1 saturated heterocycles. The van der Waals surface area contributed by atoms with E-state index in [-0.39, 0.29) is 18.5 Å². The Labute approximate surface area is 123 Å². The molecule has 7 heteroatoms. The average Bonchev–Trinajstić information content (AvgIpc) is 2.88. The van der Waals surface area contributed by atoms with Gasteiger partial charge < -0.3 is 5.73 Å². The molecule has 0 unspecified atom stereocenters. The van der Waals surface area contributed by atoms with Gasteiger partial charge >= 0.3 is 0 Å². The van der Waals surface area contributed by atoms with Gasteiger partial charge in [0.05, 0.1) is 5.92 Å². The maximum atomic E-state index is 12.7. The van der Waals surface area contributed by atoms with E-state index < -0.39 is 15.9 Å². The number of piperidine rings is 1. The van der Waals surface area contributed by atoms with Crippen molar-refractivity contribution in [3.05, 3.63) is 17.0 Å². The molecule has 0 bridgehead atoms. The second kappa shape index (κ2) is 5.83. The number of thiophene rings is 1. The first kappa shape index (κ1) is 15.5. The third-order valence-electron chi connectivity index (χ3n) is 3.78. The Kier molecular flexibility index (Phi) is 4.51. The Morgan fingerprint density at radius 3 is 2.70 bits per heavy atom. The Bertz CT molecular complexity index is 595. The smallest absolute Gasteiger partial charge is 0.252 e. The summed E-state index contributed by atoms with van der Waals surface area (Å²) in [6.07, 6.45) is 2.14. The van der Waals surface area contributed by atoms with Crippen molar-refractivity contribution in [2.45, 2.75) is 43.4 Å². The maximum absolute atomic E-state index is 12.7. The fraction of sp³-hybridized carbons (Fsp3) is 0.615. The molecule has 1 amide bonds. The van der Waals surface area contributed by atoms with E-state index >= 15 is 0 Å². The number of carbonyl (C=O) groups is 1. The summed E-state index contributed by atoms with van der Waals surface area (Å²) < 4.78 is 27.1. The number of hydrogen-bond acceptors (Lipinski definition) is 4. The van der Waals surface area contributed by atoms with Crippen LogP contribution in [0.4, 0.5) is 0 Å². The molecule has 112 valence electrons. The van der Waals surface area contributed by atoms with Gasteiger partial charge in [0, 0.05) is 17.5 Å². The second-order valence-corrected chi connectivity index (χ2v) is 8.46. The molecule has 5 nitrogen and oxygen atoms in total. The fourth-order valence-electron chi connectivity index (χ4n) is 2.44. The minimum atomic E-state index is -3.52. The summed E-state index contributed by atoms with van der Waals surface area (Å²) in [6.45, 7) is 4.07. The highest BCUT2D eigenvalue weighted by atomic mass is 32.2. The molecule has 1 aliphatic rings. The molecule has 0 aromatic carbocycles. The summed E-state index contributed by atoms with van der Waals surface area (Å²) in [4.78, 5) is 12.4. The Balaban J connectivity index is 2.29. The van der Waals surface area contributed by atoms with Gasteiger partial charge in [-0.25, -0.2) is 8.42 Å². The average molecular weight is 316 g/mol. The predicted molar refractivity (Wildman–Crippen MR) is 79.0 cm³/mol. The maximum Gasteiger partial charge on any atom is 0.252 e. The number of nitrogens with zero attached hydrogens (tertiary/aromatic N) is 1. The van der Waals surface area contributed by atoms with Gasteiger partial charge in [0.25, 0.3) is 10.0 Å². The molecule has 2 rings (SSSR count). The van der Waals surface area contributed by atoms with Crippen molar-refractivity contribution in [3.63, 3.8) is 0 Å². The number of nitrogens with two attached hydrogens (primary N) is 1. The SMILES string of the molecule is CCc1ccc(S(=O)(=O)N2C[C@H](C(N)=O)CC[C@H]2C)s1. The van der Waals surface area contributed by atoms with Crippen LogP contribution in [0.3, 0.4) is 0 Å². The molecule has 0 aliphatic carbocycles. The molecular weight excluding hydrogens is 296 g/mol. The van der Waals surface area contributed by atoms with E-state index in [4.69, 9.17) is 5.73 Å². The van der Waals surface area contributed by atoms with Crippen molar-refractivity contribution in [1.82, 2.24) is 4.31 Å². The number of aryl methyl sites for hydroxylation is 1. The van der Waals surface area contributed by atoms with Gasteiger partial charge in [0.2, 0.25) is 5.91 Å². The Hall–Kier alpha value is -0.920. The lowest BCUT2D eigenvalue weighted by atomic mass is 9.95. The number of hydrogen-bond donors (Lipinski definition) is 1. The molecule has 1 aromatic heterocycles. The van der Waals surface area contributed by atoms with Crippen LogP contribution in [-0.4, -0.2) is 31.2 Å². The van der Waals surface area contributed by atoms with Gasteiger partial charge in [-0.2, -0.15) is 4.31 Å². The van der Waals surface area contributed by atoms with Crippen LogP contribution in [-0.2, 0) is 21.2 Å². The first-order valence-electron chi connectivity index (χ1n) is 6.76. The normalized spacial score (nSPS) is 24.7. The third-order valence-corrected chi connectivity index (χ3v) is 7.45. The van der Waals surface area contributed by atoms with Crippen molar-refractivity contribution >= 4 is 27.3 Å². The van der Waals surface area contributed by atoms with Gasteiger partial charge in [-0.3, -0.25) is 4.79 Å². The lowest BCUT2D eigenvalue weighted by Gasteiger charge is -2.35. The zero-order chi connectivity index (χ0) is 14.9. The summed E-state index contributed by atoms with van der Waals surface area (Å²) in [5, 5.41) is 0. The van der Waals surface area contributed by atoms with Crippen LogP contribution in [0.2, 0.25) is 0 Å².